The summed E-state index contributed by atoms with van der Waals surface area (Å²) in [7, 11) is 1.88. The van der Waals surface area contributed by atoms with Crippen molar-refractivity contribution in [1.82, 2.24) is 20.0 Å². The molecule has 18 heavy (non-hydrogen) atoms. The minimum atomic E-state index is 0.485. The fraction of sp³-hybridized carbons (Fsp3) is 0.769. The molecule has 1 fully saturated rings. The van der Waals surface area contributed by atoms with Gasteiger partial charge in [-0.15, -0.1) is 0 Å². The van der Waals surface area contributed by atoms with E-state index < -0.39 is 0 Å². The Morgan fingerprint density at radius 3 is 2.61 bits per heavy atom. The van der Waals surface area contributed by atoms with E-state index in [1.54, 1.807) is 4.68 Å². The number of rotatable bonds is 5. The maximum Gasteiger partial charge on any atom is 0.131 e. The molecule has 1 unspecified atom stereocenters. The number of halogens is 1. The van der Waals surface area contributed by atoms with Crippen molar-refractivity contribution in [2.45, 2.75) is 39.3 Å². The average molecular weight is 271 g/mol. The molecule has 102 valence electrons. The molecular formula is C13H23ClN4. The second kappa shape index (κ2) is 6.04. The van der Waals surface area contributed by atoms with Crippen molar-refractivity contribution in [3.05, 3.63) is 16.4 Å². The molecule has 1 aliphatic heterocycles. The van der Waals surface area contributed by atoms with E-state index in [9.17, 15) is 0 Å². The third kappa shape index (κ3) is 3.25. The Bertz CT molecular complexity index is 396. The topological polar surface area (TPSA) is 33.1 Å². The first-order valence-corrected chi connectivity index (χ1v) is 7.09. The van der Waals surface area contributed by atoms with Gasteiger partial charge in [-0.05, 0) is 39.8 Å². The molecule has 1 aromatic heterocycles. The lowest BCUT2D eigenvalue weighted by molar-refractivity contribution is 0.298. The Labute approximate surface area is 114 Å². The van der Waals surface area contributed by atoms with E-state index in [0.29, 0.717) is 6.04 Å². The molecule has 1 aliphatic rings. The summed E-state index contributed by atoms with van der Waals surface area (Å²) < 4.78 is 1.74. The molecule has 5 heteroatoms. The highest BCUT2D eigenvalue weighted by Crippen LogP contribution is 2.18. The van der Waals surface area contributed by atoms with Crippen LogP contribution in [0, 0.1) is 6.92 Å². The molecule has 0 spiro atoms. The summed E-state index contributed by atoms with van der Waals surface area (Å²) in [6.45, 7) is 8.66. The van der Waals surface area contributed by atoms with Gasteiger partial charge in [0.15, 0.2) is 0 Å². The SMILES string of the molecule is Cc1nn(C)c(Cl)c1CNC(C)CN1CCCC1. The Kier molecular flexibility index (Phi) is 4.65. The van der Waals surface area contributed by atoms with E-state index in [4.69, 9.17) is 11.6 Å². The Hall–Kier alpha value is -0.580. The highest BCUT2D eigenvalue weighted by molar-refractivity contribution is 6.30. The molecule has 0 aliphatic carbocycles. The summed E-state index contributed by atoms with van der Waals surface area (Å²) in [5.41, 5.74) is 2.14. The van der Waals surface area contributed by atoms with E-state index in [1.165, 1.54) is 25.9 Å². The summed E-state index contributed by atoms with van der Waals surface area (Å²) in [5.74, 6) is 0. The van der Waals surface area contributed by atoms with Gasteiger partial charge >= 0.3 is 0 Å². The van der Waals surface area contributed by atoms with Crippen molar-refractivity contribution in [3.63, 3.8) is 0 Å². The van der Waals surface area contributed by atoms with Crippen LogP contribution < -0.4 is 5.32 Å². The lowest BCUT2D eigenvalue weighted by atomic mass is 10.2. The van der Waals surface area contributed by atoms with Crippen LogP contribution in [0.5, 0.6) is 0 Å². The molecule has 2 heterocycles. The molecule has 2 rings (SSSR count). The molecule has 0 radical (unpaired) electrons. The van der Waals surface area contributed by atoms with Gasteiger partial charge in [0.25, 0.3) is 0 Å². The monoisotopic (exact) mass is 270 g/mol. The van der Waals surface area contributed by atoms with Crippen LogP contribution in [0.15, 0.2) is 0 Å². The molecule has 4 nitrogen and oxygen atoms in total. The van der Waals surface area contributed by atoms with Crippen LogP contribution in [0.2, 0.25) is 5.15 Å². The van der Waals surface area contributed by atoms with E-state index in [1.807, 2.05) is 14.0 Å². The summed E-state index contributed by atoms with van der Waals surface area (Å²) in [4.78, 5) is 2.52. The lowest BCUT2D eigenvalue weighted by Gasteiger charge is -2.21. The highest BCUT2D eigenvalue weighted by Gasteiger charge is 2.16. The Morgan fingerprint density at radius 2 is 2.06 bits per heavy atom. The summed E-state index contributed by atoms with van der Waals surface area (Å²) in [6, 6.07) is 0.485. The maximum atomic E-state index is 6.22. The fourth-order valence-electron chi connectivity index (χ4n) is 2.57. The van der Waals surface area contributed by atoms with Crippen LogP contribution in [-0.4, -0.2) is 40.4 Å². The van der Waals surface area contributed by atoms with Gasteiger partial charge in [-0.3, -0.25) is 4.68 Å². The van der Waals surface area contributed by atoms with Crippen LogP contribution in [0.25, 0.3) is 0 Å². The zero-order chi connectivity index (χ0) is 13.1. The zero-order valence-corrected chi connectivity index (χ0v) is 12.3. The standard InChI is InChI=1S/C13H23ClN4/c1-10(9-18-6-4-5-7-18)15-8-12-11(2)16-17(3)13(12)14/h10,15H,4-9H2,1-3H3. The van der Waals surface area contributed by atoms with Gasteiger partial charge in [-0.25, -0.2) is 0 Å². The van der Waals surface area contributed by atoms with Crippen LogP contribution in [0.4, 0.5) is 0 Å². The molecule has 1 N–H and O–H groups in total. The predicted molar refractivity (Wildman–Crippen MR) is 74.9 cm³/mol. The molecule has 0 bridgehead atoms. The normalized spacial score (nSPS) is 18.4. The van der Waals surface area contributed by atoms with Gasteiger partial charge in [0.05, 0.1) is 5.69 Å². The predicted octanol–water partition coefficient (Wildman–Crippen LogP) is 1.96. The summed E-state index contributed by atoms with van der Waals surface area (Å²) in [6.07, 6.45) is 2.69. The van der Waals surface area contributed by atoms with Crippen molar-refractivity contribution in [2.24, 2.45) is 7.05 Å². The highest BCUT2D eigenvalue weighted by atomic mass is 35.5. The number of hydrogen-bond acceptors (Lipinski definition) is 3. The van der Waals surface area contributed by atoms with E-state index in [0.717, 1.165) is 29.5 Å². The van der Waals surface area contributed by atoms with Crippen molar-refractivity contribution in [2.75, 3.05) is 19.6 Å². The van der Waals surface area contributed by atoms with E-state index in [2.05, 4.69) is 22.2 Å². The molecule has 1 aromatic rings. The van der Waals surface area contributed by atoms with Gasteiger partial charge in [-0.2, -0.15) is 5.10 Å². The minimum Gasteiger partial charge on any atom is -0.309 e. The van der Waals surface area contributed by atoms with Gasteiger partial charge in [0.1, 0.15) is 5.15 Å². The smallest absolute Gasteiger partial charge is 0.131 e. The largest absolute Gasteiger partial charge is 0.309 e. The average Bonchev–Trinajstić information content (AvgIpc) is 2.88. The van der Waals surface area contributed by atoms with Crippen LogP contribution in [0.1, 0.15) is 31.0 Å². The number of likely N-dealkylation sites (tertiary alicyclic amines) is 1. The van der Waals surface area contributed by atoms with E-state index in [-0.39, 0.29) is 0 Å². The maximum absolute atomic E-state index is 6.22. The minimum absolute atomic E-state index is 0.485. The number of aromatic nitrogens is 2. The molecular weight excluding hydrogens is 248 g/mol. The lowest BCUT2D eigenvalue weighted by Crippen LogP contribution is -2.37. The molecule has 0 saturated carbocycles. The van der Waals surface area contributed by atoms with Crippen LogP contribution in [0.3, 0.4) is 0 Å². The van der Waals surface area contributed by atoms with Crippen molar-refractivity contribution in [1.29, 1.82) is 0 Å². The fourth-order valence-corrected chi connectivity index (χ4v) is 2.81. The van der Waals surface area contributed by atoms with Gasteiger partial charge < -0.3 is 10.2 Å². The molecule has 0 amide bonds. The second-order valence-corrected chi connectivity index (χ2v) is 5.63. The second-order valence-electron chi connectivity index (χ2n) is 5.27. The van der Waals surface area contributed by atoms with Gasteiger partial charge in [0.2, 0.25) is 0 Å². The van der Waals surface area contributed by atoms with E-state index >= 15 is 0 Å². The van der Waals surface area contributed by atoms with Crippen molar-refractivity contribution in [3.8, 4) is 0 Å². The number of hydrogen-bond donors (Lipinski definition) is 1. The quantitative estimate of drug-likeness (QED) is 0.888. The third-order valence-corrected chi connectivity index (χ3v) is 4.10. The van der Waals surface area contributed by atoms with Crippen LogP contribution >= 0.6 is 11.6 Å². The molecule has 0 aromatic carbocycles. The zero-order valence-electron chi connectivity index (χ0n) is 11.5. The third-order valence-electron chi connectivity index (χ3n) is 3.63. The number of nitrogens with zero attached hydrogens (tertiary/aromatic N) is 3. The van der Waals surface area contributed by atoms with Gasteiger partial charge in [0, 0.05) is 31.7 Å². The Morgan fingerprint density at radius 1 is 1.39 bits per heavy atom. The van der Waals surface area contributed by atoms with Crippen LogP contribution in [-0.2, 0) is 13.6 Å². The number of aryl methyl sites for hydroxylation is 2. The molecule has 1 saturated heterocycles. The summed E-state index contributed by atoms with van der Waals surface area (Å²) in [5, 5.41) is 8.61. The van der Waals surface area contributed by atoms with Gasteiger partial charge in [-0.1, -0.05) is 11.6 Å². The summed E-state index contributed by atoms with van der Waals surface area (Å²) >= 11 is 6.22. The first-order chi connectivity index (χ1) is 8.58. The number of nitrogens with one attached hydrogen (secondary N) is 1. The first kappa shape index (κ1) is 13.8. The van der Waals surface area contributed by atoms with Crippen molar-refractivity contribution < 1.29 is 0 Å². The molecule has 1 atom stereocenters. The first-order valence-electron chi connectivity index (χ1n) is 6.71. The van der Waals surface area contributed by atoms with Crippen molar-refractivity contribution >= 4 is 11.6 Å². The Balaban J connectivity index is 1.83.